The van der Waals surface area contributed by atoms with Crippen LogP contribution in [-0.4, -0.2) is 47.9 Å². The Labute approximate surface area is 196 Å². The minimum absolute atomic E-state index is 0.0466. The maximum absolute atomic E-state index is 12.4. The van der Waals surface area contributed by atoms with Gasteiger partial charge in [-0.2, -0.15) is 0 Å². The van der Waals surface area contributed by atoms with Gasteiger partial charge < -0.3 is 25.2 Å². The molecule has 174 valence electrons. The third-order valence-corrected chi connectivity index (χ3v) is 5.69. The zero-order valence-electron chi connectivity index (χ0n) is 18.4. The summed E-state index contributed by atoms with van der Waals surface area (Å²) in [5.41, 5.74) is 3.12. The molecule has 2 aliphatic rings. The summed E-state index contributed by atoms with van der Waals surface area (Å²) in [6.07, 6.45) is -0.0687. The molecule has 34 heavy (non-hydrogen) atoms. The van der Waals surface area contributed by atoms with Gasteiger partial charge in [-0.3, -0.25) is 9.69 Å². The molecule has 3 N–H and O–H groups in total. The van der Waals surface area contributed by atoms with Crippen molar-refractivity contribution in [2.24, 2.45) is 0 Å². The highest BCUT2D eigenvalue weighted by Gasteiger charge is 2.33. The quantitative estimate of drug-likeness (QED) is 0.464. The molecule has 9 heteroatoms. The number of hydrogen-bond acceptors (Lipinski definition) is 7. The van der Waals surface area contributed by atoms with E-state index in [-0.39, 0.29) is 24.4 Å². The van der Waals surface area contributed by atoms with Gasteiger partial charge in [0.25, 0.3) is 5.91 Å². The van der Waals surface area contributed by atoms with E-state index < -0.39 is 6.09 Å². The molecule has 3 heterocycles. The topological polar surface area (TPSA) is 113 Å². The number of nitrogens with zero attached hydrogens (tertiary/aromatic N) is 2. The van der Waals surface area contributed by atoms with Crippen LogP contribution in [0.25, 0.3) is 11.1 Å². The van der Waals surface area contributed by atoms with Crippen LogP contribution in [0.2, 0.25) is 0 Å². The van der Waals surface area contributed by atoms with Gasteiger partial charge in [-0.1, -0.05) is 30.3 Å². The predicted octanol–water partition coefficient (Wildman–Crippen LogP) is 3.29. The van der Waals surface area contributed by atoms with E-state index in [1.54, 1.807) is 24.3 Å². The first-order valence-electron chi connectivity index (χ1n) is 11.1. The van der Waals surface area contributed by atoms with Crippen LogP contribution in [0.4, 0.5) is 16.4 Å². The van der Waals surface area contributed by atoms with Crippen molar-refractivity contribution in [3.05, 3.63) is 66.2 Å². The summed E-state index contributed by atoms with van der Waals surface area (Å²) < 4.78 is 10.8. The molecule has 0 aliphatic carbocycles. The highest BCUT2D eigenvalue weighted by atomic mass is 16.6. The number of pyridine rings is 1. The lowest BCUT2D eigenvalue weighted by Crippen LogP contribution is -2.29. The van der Waals surface area contributed by atoms with Crippen LogP contribution in [-0.2, 0) is 16.1 Å². The van der Waals surface area contributed by atoms with Crippen LogP contribution in [0.3, 0.4) is 0 Å². The Morgan fingerprint density at radius 3 is 2.76 bits per heavy atom. The number of ether oxygens (including phenoxy) is 2. The van der Waals surface area contributed by atoms with Crippen LogP contribution >= 0.6 is 0 Å². The molecule has 3 aromatic rings. The molecule has 0 spiro atoms. The first-order valence-corrected chi connectivity index (χ1v) is 11.1. The van der Waals surface area contributed by atoms with Crippen molar-refractivity contribution in [1.82, 2.24) is 10.3 Å². The van der Waals surface area contributed by atoms with Gasteiger partial charge in [0.1, 0.15) is 17.7 Å². The average molecular weight is 460 g/mol. The maximum atomic E-state index is 12.4. The van der Waals surface area contributed by atoms with E-state index >= 15 is 0 Å². The SMILES string of the molecule is O=C1COc2ccc(N3C[C@H](CCNCc4cccc(-c5cccc(O)c5)c4)OC3=O)nc2N1. The summed E-state index contributed by atoms with van der Waals surface area (Å²) in [6, 6.07) is 18.7. The van der Waals surface area contributed by atoms with E-state index in [1.165, 1.54) is 4.90 Å². The highest BCUT2D eigenvalue weighted by molar-refractivity contribution is 5.95. The van der Waals surface area contributed by atoms with Gasteiger partial charge in [-0.15, -0.1) is 0 Å². The number of aromatic hydroxyl groups is 1. The fourth-order valence-corrected chi connectivity index (χ4v) is 4.00. The third-order valence-electron chi connectivity index (χ3n) is 5.69. The van der Waals surface area contributed by atoms with Crippen LogP contribution in [0.15, 0.2) is 60.7 Å². The van der Waals surface area contributed by atoms with Crippen molar-refractivity contribution in [1.29, 1.82) is 0 Å². The van der Waals surface area contributed by atoms with Gasteiger partial charge >= 0.3 is 6.09 Å². The summed E-state index contributed by atoms with van der Waals surface area (Å²) >= 11 is 0. The third kappa shape index (κ3) is 4.79. The smallest absolute Gasteiger partial charge is 0.415 e. The van der Waals surface area contributed by atoms with Crippen molar-refractivity contribution in [3.8, 4) is 22.6 Å². The van der Waals surface area contributed by atoms with Crippen LogP contribution in [0.1, 0.15) is 12.0 Å². The molecule has 2 aliphatic heterocycles. The summed E-state index contributed by atoms with van der Waals surface area (Å²) in [5, 5.41) is 15.8. The number of hydrogen-bond donors (Lipinski definition) is 3. The molecule has 1 saturated heterocycles. The van der Waals surface area contributed by atoms with Gasteiger partial charge in [0.15, 0.2) is 18.2 Å². The number of carbonyl (C=O) groups is 2. The molecule has 0 bridgehead atoms. The second kappa shape index (κ2) is 9.40. The number of cyclic esters (lactones) is 1. The lowest BCUT2D eigenvalue weighted by Gasteiger charge is -2.19. The Kier molecular flexibility index (Phi) is 6.01. The molecule has 0 saturated carbocycles. The van der Waals surface area contributed by atoms with Crippen LogP contribution in [0, 0.1) is 0 Å². The normalized spacial score (nSPS) is 17.1. The summed E-state index contributed by atoms with van der Waals surface area (Å²) in [7, 11) is 0. The molecule has 2 amide bonds. The molecule has 1 aromatic heterocycles. The zero-order valence-corrected chi connectivity index (χ0v) is 18.4. The standard InChI is InChI=1S/C25H24N4O5/c30-19-6-2-5-18(12-19)17-4-1-3-16(11-17)13-26-10-9-20-14-29(25(32)34-20)22-8-7-21-24(27-22)28-23(31)15-33-21/h1-8,11-12,20,26,30H,9-10,13-15H2,(H,27,28,31)/t20-/m0/s1. The van der Waals surface area contributed by atoms with E-state index in [1.807, 2.05) is 30.3 Å². The predicted molar refractivity (Wildman–Crippen MR) is 126 cm³/mol. The lowest BCUT2D eigenvalue weighted by atomic mass is 10.0. The number of anilines is 2. The second-order valence-electron chi connectivity index (χ2n) is 8.19. The van der Waals surface area contributed by atoms with Gasteiger partial charge in [-0.25, -0.2) is 9.78 Å². The molecule has 1 atom stereocenters. The van der Waals surface area contributed by atoms with Crippen molar-refractivity contribution >= 4 is 23.6 Å². The van der Waals surface area contributed by atoms with Gasteiger partial charge in [0, 0.05) is 6.54 Å². The van der Waals surface area contributed by atoms with Gasteiger partial charge in [-0.05, 0) is 60.0 Å². The Bertz CT molecular complexity index is 1230. The monoisotopic (exact) mass is 460 g/mol. The number of amides is 2. The second-order valence-corrected chi connectivity index (χ2v) is 8.19. The number of carbonyl (C=O) groups excluding carboxylic acids is 2. The molecule has 1 fully saturated rings. The first-order chi connectivity index (χ1) is 16.5. The molecule has 5 rings (SSSR count). The van der Waals surface area contributed by atoms with Gasteiger partial charge in [0.05, 0.1) is 6.54 Å². The molecule has 0 unspecified atom stereocenters. The first kappa shape index (κ1) is 21.7. The number of aromatic nitrogens is 1. The number of nitrogens with one attached hydrogen (secondary N) is 2. The molecule has 9 nitrogen and oxygen atoms in total. The molecular formula is C25H24N4O5. The van der Waals surface area contributed by atoms with E-state index in [4.69, 9.17) is 9.47 Å². The summed E-state index contributed by atoms with van der Waals surface area (Å²) in [4.78, 5) is 29.7. The maximum Gasteiger partial charge on any atom is 0.415 e. The Balaban J connectivity index is 1.13. The van der Waals surface area contributed by atoms with E-state index in [0.717, 1.165) is 16.7 Å². The van der Waals surface area contributed by atoms with Crippen LogP contribution in [0.5, 0.6) is 11.5 Å². The minimum atomic E-state index is -0.459. The molecule has 0 radical (unpaired) electrons. The Morgan fingerprint density at radius 1 is 1.09 bits per heavy atom. The van der Waals surface area contributed by atoms with E-state index in [2.05, 4.69) is 21.7 Å². The number of rotatable bonds is 7. The minimum Gasteiger partial charge on any atom is -0.508 e. The van der Waals surface area contributed by atoms with Crippen molar-refractivity contribution in [2.75, 3.05) is 29.9 Å². The largest absolute Gasteiger partial charge is 0.508 e. The zero-order chi connectivity index (χ0) is 23.5. The molecule has 2 aromatic carbocycles. The summed E-state index contributed by atoms with van der Waals surface area (Å²) in [5.74, 6) is 1.15. The average Bonchev–Trinajstić information content (AvgIpc) is 3.22. The van der Waals surface area contributed by atoms with E-state index in [0.29, 0.717) is 43.4 Å². The van der Waals surface area contributed by atoms with Crippen molar-refractivity contribution in [2.45, 2.75) is 19.1 Å². The number of benzene rings is 2. The number of phenols is 1. The van der Waals surface area contributed by atoms with Crippen molar-refractivity contribution < 1.29 is 24.2 Å². The van der Waals surface area contributed by atoms with Crippen LogP contribution < -0.4 is 20.3 Å². The molecular weight excluding hydrogens is 436 g/mol. The fraction of sp³-hybridized carbons (Fsp3) is 0.240. The Hall–Kier alpha value is -4.11. The van der Waals surface area contributed by atoms with E-state index in [9.17, 15) is 14.7 Å². The van der Waals surface area contributed by atoms with Crippen molar-refractivity contribution in [3.63, 3.8) is 0 Å². The number of fused-ring (bicyclic) bond motifs is 1. The fourth-order valence-electron chi connectivity index (χ4n) is 4.00. The number of phenolic OH excluding ortho intramolecular Hbond substituents is 1. The lowest BCUT2D eigenvalue weighted by molar-refractivity contribution is -0.118. The van der Waals surface area contributed by atoms with Gasteiger partial charge in [0.2, 0.25) is 0 Å². The highest BCUT2D eigenvalue weighted by Crippen LogP contribution is 2.30. The summed E-state index contributed by atoms with van der Waals surface area (Å²) in [6.45, 7) is 1.68. The Morgan fingerprint density at radius 2 is 1.91 bits per heavy atom.